The molecule has 0 aromatic heterocycles. The number of ether oxygens (including phenoxy) is 1. The van der Waals surface area contributed by atoms with Gasteiger partial charge in [-0.1, -0.05) is 42.5 Å². The number of carbonyl (C=O) groups is 1. The highest BCUT2D eigenvalue weighted by molar-refractivity contribution is 5.64. The Kier molecular flexibility index (Phi) is 9.20. The first kappa shape index (κ1) is 22.1. The van der Waals surface area contributed by atoms with Gasteiger partial charge in [-0.25, -0.2) is 0 Å². The summed E-state index contributed by atoms with van der Waals surface area (Å²) in [5.74, 6) is -0.782. The van der Waals surface area contributed by atoms with E-state index in [-0.39, 0.29) is 24.9 Å². The van der Waals surface area contributed by atoms with Gasteiger partial charge < -0.3 is 30.0 Å². The zero-order valence-corrected chi connectivity index (χ0v) is 15.9. The summed E-state index contributed by atoms with van der Waals surface area (Å²) in [6.45, 7) is 0.106. The van der Waals surface area contributed by atoms with Crippen LogP contribution in [0.25, 0.3) is 0 Å². The molecule has 0 bridgehead atoms. The van der Waals surface area contributed by atoms with Gasteiger partial charge in [0, 0.05) is 18.3 Å². The zero-order valence-electron chi connectivity index (χ0n) is 15.9. The highest BCUT2D eigenvalue weighted by Crippen LogP contribution is 2.36. The van der Waals surface area contributed by atoms with Crippen molar-refractivity contribution in [2.75, 3.05) is 6.61 Å². The number of aliphatic hydroxyl groups is 3. The fraction of sp³-hybridized carbons (Fsp3) is 0.500. The number of rotatable bonds is 11. The first-order valence-corrected chi connectivity index (χ1v) is 9.72. The van der Waals surface area contributed by atoms with Crippen LogP contribution in [0.4, 0.5) is 0 Å². The minimum absolute atomic E-state index is 0.0312. The average Bonchev–Trinajstić information content (AvgIpc) is 2.94. The third-order valence-corrected chi connectivity index (χ3v) is 4.96. The molecule has 6 heteroatoms. The van der Waals surface area contributed by atoms with Gasteiger partial charge in [-0.15, -0.1) is 0 Å². The molecule has 1 unspecified atom stereocenters. The lowest BCUT2D eigenvalue weighted by molar-refractivity contribution is -0.305. The van der Waals surface area contributed by atoms with Gasteiger partial charge in [-0.3, -0.25) is 0 Å². The lowest BCUT2D eigenvalue weighted by atomic mass is 9.89. The van der Waals surface area contributed by atoms with E-state index in [0.717, 1.165) is 0 Å². The van der Waals surface area contributed by atoms with E-state index < -0.39 is 24.3 Å². The summed E-state index contributed by atoms with van der Waals surface area (Å²) in [7, 11) is 0. The Balaban J connectivity index is 1.82. The smallest absolute Gasteiger partial charge is 0.119 e. The SMILES string of the molecule is O=C([O-])CCC/C=C\CC1[C@@H](/C=C/[C@@H](O)COc2ccccc2)[C@H](O)C[C@@H]1O. The number of carbonyl (C=O) groups excluding carboxylic acids is 1. The van der Waals surface area contributed by atoms with E-state index in [9.17, 15) is 25.2 Å². The molecule has 1 aliphatic rings. The fourth-order valence-corrected chi connectivity index (χ4v) is 3.45. The molecule has 0 aliphatic heterocycles. The molecular formula is C22H29O6-. The standard InChI is InChI=1S/C22H30O6/c23-16(15-28-17-8-4-3-5-9-17)12-13-19-18(20(24)14-21(19)25)10-6-1-2-7-11-22(26)27/h1,3-6,8-9,12-13,16,18-21,23-25H,2,7,10-11,14-15H2,(H,26,27)/p-1/b6-1-,13-12+/t16-,18?,19-,20+,21-/m1/s1. The lowest BCUT2D eigenvalue weighted by Crippen LogP contribution is -2.21. The van der Waals surface area contributed by atoms with Crippen LogP contribution in [0.1, 0.15) is 32.1 Å². The van der Waals surface area contributed by atoms with Crippen LogP contribution in [0.5, 0.6) is 5.75 Å². The predicted molar refractivity (Wildman–Crippen MR) is 103 cm³/mol. The van der Waals surface area contributed by atoms with Crippen molar-refractivity contribution in [2.45, 2.75) is 50.4 Å². The maximum Gasteiger partial charge on any atom is 0.119 e. The summed E-state index contributed by atoms with van der Waals surface area (Å²) in [4.78, 5) is 10.4. The van der Waals surface area contributed by atoms with E-state index in [1.165, 1.54) is 0 Å². The largest absolute Gasteiger partial charge is 0.550 e. The molecule has 1 saturated carbocycles. The number of unbranched alkanes of at least 4 members (excludes halogenated alkanes) is 1. The molecule has 0 saturated heterocycles. The van der Waals surface area contributed by atoms with Crippen molar-refractivity contribution in [3.8, 4) is 5.75 Å². The molecule has 154 valence electrons. The Morgan fingerprint density at radius 3 is 2.68 bits per heavy atom. The normalized spacial score (nSPS) is 26.1. The predicted octanol–water partition coefficient (Wildman–Crippen LogP) is 1.21. The molecule has 3 N–H and O–H groups in total. The highest BCUT2D eigenvalue weighted by atomic mass is 16.5. The summed E-state index contributed by atoms with van der Waals surface area (Å²) in [5.41, 5.74) is 0. The second-order valence-corrected chi connectivity index (χ2v) is 7.16. The Morgan fingerprint density at radius 1 is 1.21 bits per heavy atom. The molecule has 0 spiro atoms. The van der Waals surface area contributed by atoms with Crippen LogP contribution < -0.4 is 9.84 Å². The molecular weight excluding hydrogens is 360 g/mol. The van der Waals surface area contributed by atoms with Crippen molar-refractivity contribution in [2.24, 2.45) is 11.8 Å². The molecule has 5 atom stereocenters. The summed E-state index contributed by atoms with van der Waals surface area (Å²) in [5, 5.41) is 40.9. The maximum absolute atomic E-state index is 10.4. The van der Waals surface area contributed by atoms with E-state index in [1.807, 2.05) is 42.5 Å². The number of aliphatic carboxylic acids is 1. The number of allylic oxidation sites excluding steroid dienone is 2. The van der Waals surface area contributed by atoms with E-state index in [2.05, 4.69) is 0 Å². The molecule has 1 fully saturated rings. The average molecular weight is 389 g/mol. The maximum atomic E-state index is 10.4. The van der Waals surface area contributed by atoms with Crippen LogP contribution in [0.3, 0.4) is 0 Å². The Morgan fingerprint density at radius 2 is 1.96 bits per heavy atom. The minimum Gasteiger partial charge on any atom is -0.550 e. The van der Waals surface area contributed by atoms with Gasteiger partial charge in [0.1, 0.15) is 18.5 Å². The van der Waals surface area contributed by atoms with Crippen molar-refractivity contribution in [1.29, 1.82) is 0 Å². The van der Waals surface area contributed by atoms with Gasteiger partial charge in [0.05, 0.1) is 12.2 Å². The topological polar surface area (TPSA) is 110 Å². The summed E-state index contributed by atoms with van der Waals surface area (Å²) >= 11 is 0. The molecule has 1 aliphatic carbocycles. The molecule has 0 radical (unpaired) electrons. The van der Waals surface area contributed by atoms with Crippen LogP contribution in [0.2, 0.25) is 0 Å². The van der Waals surface area contributed by atoms with E-state index in [4.69, 9.17) is 4.74 Å². The van der Waals surface area contributed by atoms with Gasteiger partial charge >= 0.3 is 0 Å². The van der Waals surface area contributed by atoms with Crippen LogP contribution in [0, 0.1) is 11.8 Å². The van der Waals surface area contributed by atoms with E-state index in [1.54, 1.807) is 12.2 Å². The number of aliphatic hydroxyl groups excluding tert-OH is 3. The third kappa shape index (κ3) is 7.46. The second-order valence-electron chi connectivity index (χ2n) is 7.16. The van der Waals surface area contributed by atoms with E-state index >= 15 is 0 Å². The van der Waals surface area contributed by atoms with Crippen LogP contribution in [0.15, 0.2) is 54.6 Å². The molecule has 0 heterocycles. The van der Waals surface area contributed by atoms with Crippen molar-refractivity contribution in [1.82, 2.24) is 0 Å². The van der Waals surface area contributed by atoms with Crippen LogP contribution >= 0.6 is 0 Å². The third-order valence-electron chi connectivity index (χ3n) is 4.96. The minimum atomic E-state index is -1.05. The van der Waals surface area contributed by atoms with Gasteiger partial charge in [-0.2, -0.15) is 0 Å². The monoisotopic (exact) mass is 389 g/mol. The summed E-state index contributed by atoms with van der Waals surface area (Å²) < 4.78 is 5.51. The molecule has 0 amide bonds. The van der Waals surface area contributed by atoms with Crippen molar-refractivity contribution in [3.05, 3.63) is 54.6 Å². The lowest BCUT2D eigenvalue weighted by Gasteiger charge is -2.19. The number of carboxylic acids is 1. The van der Waals surface area contributed by atoms with Crippen LogP contribution in [-0.4, -0.2) is 46.2 Å². The van der Waals surface area contributed by atoms with Gasteiger partial charge in [0.15, 0.2) is 0 Å². The molecule has 2 rings (SSSR count). The Bertz CT molecular complexity index is 642. The quantitative estimate of drug-likeness (QED) is 0.388. The molecule has 6 nitrogen and oxygen atoms in total. The van der Waals surface area contributed by atoms with Crippen LogP contribution in [-0.2, 0) is 4.79 Å². The summed E-state index contributed by atoms with van der Waals surface area (Å²) in [6.07, 6.45) is 7.14. The number of hydrogen-bond donors (Lipinski definition) is 3. The highest BCUT2D eigenvalue weighted by Gasteiger charge is 2.39. The fourth-order valence-electron chi connectivity index (χ4n) is 3.45. The van der Waals surface area contributed by atoms with Gasteiger partial charge in [0.25, 0.3) is 0 Å². The van der Waals surface area contributed by atoms with Crippen molar-refractivity contribution in [3.63, 3.8) is 0 Å². The second kappa shape index (κ2) is 11.6. The molecule has 28 heavy (non-hydrogen) atoms. The first-order valence-electron chi connectivity index (χ1n) is 9.72. The summed E-state index contributed by atoms with van der Waals surface area (Å²) in [6, 6.07) is 9.20. The number of para-hydroxylation sites is 1. The van der Waals surface area contributed by atoms with Gasteiger partial charge in [0.2, 0.25) is 0 Å². The number of hydrogen-bond acceptors (Lipinski definition) is 6. The number of benzene rings is 1. The van der Waals surface area contributed by atoms with Crippen molar-refractivity contribution >= 4 is 5.97 Å². The van der Waals surface area contributed by atoms with Gasteiger partial charge in [-0.05, 0) is 43.7 Å². The molecule has 1 aromatic rings. The van der Waals surface area contributed by atoms with Crippen molar-refractivity contribution < 1.29 is 30.0 Å². The number of carboxylic acid groups (broad SMARTS) is 1. The zero-order chi connectivity index (χ0) is 20.4. The Hall–Kier alpha value is -2.15. The molecule has 1 aromatic carbocycles. The van der Waals surface area contributed by atoms with E-state index in [0.29, 0.717) is 31.4 Å². The first-order chi connectivity index (χ1) is 13.5. The Labute approximate surface area is 165 Å².